The molecular formula is C12H15N3OS. The van der Waals surface area contributed by atoms with E-state index in [1.807, 2.05) is 30.9 Å². The van der Waals surface area contributed by atoms with Crippen LogP contribution in [0.25, 0.3) is 11.4 Å². The minimum atomic E-state index is 0.628. The highest BCUT2D eigenvalue weighted by molar-refractivity contribution is 7.08. The lowest BCUT2D eigenvalue weighted by molar-refractivity contribution is 0.254. The molecule has 0 unspecified atom stereocenters. The van der Waals surface area contributed by atoms with Crippen molar-refractivity contribution in [1.29, 1.82) is 0 Å². The minimum absolute atomic E-state index is 0.628. The summed E-state index contributed by atoms with van der Waals surface area (Å²) in [5.74, 6) is 1.34. The molecule has 0 amide bonds. The zero-order valence-electron chi connectivity index (χ0n) is 9.96. The first-order valence-electron chi connectivity index (χ1n) is 5.39. The maximum Gasteiger partial charge on any atom is 0.216 e. The van der Waals surface area contributed by atoms with E-state index < -0.39 is 0 Å². The van der Waals surface area contributed by atoms with Crippen LogP contribution in [-0.2, 0) is 0 Å². The monoisotopic (exact) mass is 249 g/mol. The van der Waals surface area contributed by atoms with E-state index in [1.54, 1.807) is 23.6 Å². The molecule has 4 nitrogen and oxygen atoms in total. The number of nitrogens with zero attached hydrogens (tertiary/aromatic N) is 3. The van der Waals surface area contributed by atoms with Crippen molar-refractivity contribution < 1.29 is 4.74 Å². The molecule has 17 heavy (non-hydrogen) atoms. The fourth-order valence-corrected chi connectivity index (χ4v) is 1.92. The van der Waals surface area contributed by atoms with Crippen LogP contribution in [0.2, 0.25) is 0 Å². The molecule has 0 aliphatic rings. The molecule has 0 N–H and O–H groups in total. The summed E-state index contributed by atoms with van der Waals surface area (Å²) in [7, 11) is 4.03. The van der Waals surface area contributed by atoms with Crippen molar-refractivity contribution in [2.75, 3.05) is 27.2 Å². The van der Waals surface area contributed by atoms with Gasteiger partial charge >= 0.3 is 0 Å². The average molecular weight is 249 g/mol. The van der Waals surface area contributed by atoms with E-state index in [0.717, 1.165) is 12.1 Å². The Morgan fingerprint density at radius 2 is 2.24 bits per heavy atom. The van der Waals surface area contributed by atoms with E-state index >= 15 is 0 Å². The first kappa shape index (κ1) is 12.0. The van der Waals surface area contributed by atoms with Crippen LogP contribution < -0.4 is 4.74 Å². The van der Waals surface area contributed by atoms with Crippen molar-refractivity contribution >= 4 is 11.3 Å². The van der Waals surface area contributed by atoms with Gasteiger partial charge in [0.1, 0.15) is 6.61 Å². The number of hydrogen-bond acceptors (Lipinski definition) is 5. The van der Waals surface area contributed by atoms with Crippen molar-refractivity contribution in [2.45, 2.75) is 0 Å². The molecule has 0 bridgehead atoms. The molecule has 0 saturated heterocycles. The largest absolute Gasteiger partial charge is 0.476 e. The summed E-state index contributed by atoms with van der Waals surface area (Å²) in [5, 5.41) is 4.04. The van der Waals surface area contributed by atoms with Crippen LogP contribution in [0.5, 0.6) is 5.88 Å². The van der Waals surface area contributed by atoms with Gasteiger partial charge in [-0.1, -0.05) is 0 Å². The lowest BCUT2D eigenvalue weighted by Gasteiger charge is -2.10. The summed E-state index contributed by atoms with van der Waals surface area (Å²) in [6.07, 6.45) is 1.73. The molecule has 2 aromatic rings. The summed E-state index contributed by atoms with van der Waals surface area (Å²) < 4.78 is 5.57. The average Bonchev–Trinajstić information content (AvgIpc) is 2.82. The Labute approximate surface area is 105 Å². The molecule has 2 rings (SSSR count). The van der Waals surface area contributed by atoms with E-state index in [2.05, 4.69) is 14.9 Å². The van der Waals surface area contributed by atoms with Crippen LogP contribution >= 0.6 is 11.3 Å². The number of ether oxygens (including phenoxy) is 1. The van der Waals surface area contributed by atoms with Gasteiger partial charge in [-0.3, -0.25) is 0 Å². The third-order valence-electron chi connectivity index (χ3n) is 2.20. The first-order chi connectivity index (χ1) is 8.25. The summed E-state index contributed by atoms with van der Waals surface area (Å²) in [5.41, 5.74) is 1.04. The highest BCUT2D eigenvalue weighted by Gasteiger charge is 2.03. The van der Waals surface area contributed by atoms with Crippen molar-refractivity contribution in [1.82, 2.24) is 14.9 Å². The summed E-state index contributed by atoms with van der Waals surface area (Å²) in [6.45, 7) is 1.50. The summed E-state index contributed by atoms with van der Waals surface area (Å²) in [6, 6.07) is 3.79. The Hall–Kier alpha value is -1.46. The molecule has 90 valence electrons. The number of hydrogen-bond donors (Lipinski definition) is 0. The Morgan fingerprint density at radius 3 is 2.94 bits per heavy atom. The van der Waals surface area contributed by atoms with Gasteiger partial charge in [0.25, 0.3) is 0 Å². The molecule has 5 heteroatoms. The topological polar surface area (TPSA) is 38.2 Å². The number of likely N-dealkylation sites (N-methyl/N-ethyl adjacent to an activating group) is 1. The van der Waals surface area contributed by atoms with Gasteiger partial charge in [-0.25, -0.2) is 4.98 Å². The van der Waals surface area contributed by atoms with Crippen molar-refractivity contribution in [3.63, 3.8) is 0 Å². The predicted molar refractivity (Wildman–Crippen MR) is 69.4 cm³/mol. The van der Waals surface area contributed by atoms with Gasteiger partial charge in [-0.05, 0) is 25.5 Å². The van der Waals surface area contributed by atoms with Crippen LogP contribution in [0.1, 0.15) is 0 Å². The van der Waals surface area contributed by atoms with Gasteiger partial charge in [0.05, 0.1) is 0 Å². The highest BCUT2D eigenvalue weighted by Crippen LogP contribution is 2.19. The summed E-state index contributed by atoms with van der Waals surface area (Å²) >= 11 is 1.63. The molecule has 0 aliphatic carbocycles. The predicted octanol–water partition coefficient (Wildman–Crippen LogP) is 2.15. The minimum Gasteiger partial charge on any atom is -0.476 e. The van der Waals surface area contributed by atoms with Crippen LogP contribution in [0, 0.1) is 0 Å². The fourth-order valence-electron chi connectivity index (χ4n) is 1.29. The molecule has 0 radical (unpaired) electrons. The quantitative estimate of drug-likeness (QED) is 0.814. The molecule has 2 heterocycles. The Balaban J connectivity index is 2.02. The number of aromatic nitrogens is 2. The SMILES string of the molecule is CN(C)CCOc1ccnc(-c2ccsc2)n1. The van der Waals surface area contributed by atoms with Gasteiger partial charge in [0.2, 0.25) is 5.88 Å². The third kappa shape index (κ3) is 3.51. The van der Waals surface area contributed by atoms with Gasteiger partial charge in [0.15, 0.2) is 5.82 Å². The normalized spacial score (nSPS) is 10.8. The zero-order valence-corrected chi connectivity index (χ0v) is 10.8. The first-order valence-corrected chi connectivity index (χ1v) is 6.33. The van der Waals surface area contributed by atoms with Crippen molar-refractivity contribution in [3.8, 4) is 17.3 Å². The molecule has 2 aromatic heterocycles. The van der Waals surface area contributed by atoms with E-state index in [-0.39, 0.29) is 0 Å². The smallest absolute Gasteiger partial charge is 0.216 e. The molecule has 0 fully saturated rings. The lowest BCUT2D eigenvalue weighted by atomic mass is 10.3. The second-order valence-electron chi connectivity index (χ2n) is 3.88. The van der Waals surface area contributed by atoms with Gasteiger partial charge in [-0.2, -0.15) is 16.3 Å². The van der Waals surface area contributed by atoms with Crippen LogP contribution in [0.15, 0.2) is 29.1 Å². The van der Waals surface area contributed by atoms with Gasteiger partial charge in [0, 0.05) is 29.8 Å². The number of rotatable bonds is 5. The lowest BCUT2D eigenvalue weighted by Crippen LogP contribution is -2.19. The fraction of sp³-hybridized carbons (Fsp3) is 0.333. The zero-order chi connectivity index (χ0) is 12.1. The standard InChI is InChI=1S/C12H15N3OS/c1-15(2)6-7-16-11-3-5-13-12(14-11)10-4-8-17-9-10/h3-5,8-9H,6-7H2,1-2H3. The summed E-state index contributed by atoms with van der Waals surface area (Å²) in [4.78, 5) is 10.7. The Kier molecular flexibility index (Phi) is 4.06. The van der Waals surface area contributed by atoms with Crippen LogP contribution in [0.3, 0.4) is 0 Å². The Morgan fingerprint density at radius 1 is 1.35 bits per heavy atom. The van der Waals surface area contributed by atoms with E-state index in [1.165, 1.54) is 0 Å². The number of thiophene rings is 1. The van der Waals surface area contributed by atoms with Crippen molar-refractivity contribution in [2.24, 2.45) is 0 Å². The van der Waals surface area contributed by atoms with E-state index in [4.69, 9.17) is 4.74 Å². The van der Waals surface area contributed by atoms with E-state index in [0.29, 0.717) is 18.3 Å². The van der Waals surface area contributed by atoms with Gasteiger partial charge < -0.3 is 9.64 Å². The maximum atomic E-state index is 5.57. The maximum absolute atomic E-state index is 5.57. The molecular weight excluding hydrogens is 234 g/mol. The second kappa shape index (κ2) is 5.75. The molecule has 0 spiro atoms. The highest BCUT2D eigenvalue weighted by atomic mass is 32.1. The molecule has 0 aliphatic heterocycles. The van der Waals surface area contributed by atoms with Crippen LogP contribution in [-0.4, -0.2) is 42.1 Å². The molecule has 0 saturated carbocycles. The Bertz CT molecular complexity index is 457. The second-order valence-corrected chi connectivity index (χ2v) is 4.66. The van der Waals surface area contributed by atoms with Crippen molar-refractivity contribution in [3.05, 3.63) is 29.1 Å². The van der Waals surface area contributed by atoms with Gasteiger partial charge in [-0.15, -0.1) is 0 Å². The molecule has 0 atom stereocenters. The van der Waals surface area contributed by atoms with E-state index in [9.17, 15) is 0 Å². The van der Waals surface area contributed by atoms with Crippen LogP contribution in [0.4, 0.5) is 0 Å². The molecule has 0 aromatic carbocycles. The third-order valence-corrected chi connectivity index (χ3v) is 2.88.